The number of nitrogens with zero attached hydrogens (tertiary/aromatic N) is 1. The van der Waals surface area contributed by atoms with Crippen LogP contribution in [-0.4, -0.2) is 54.8 Å². The minimum Gasteiger partial charge on any atom is -0.494 e. The molecule has 1 aromatic carbocycles. The smallest absolute Gasteiger partial charge is 0.328 e. The lowest BCUT2D eigenvalue weighted by atomic mass is 10.1. The number of halogens is 2. The summed E-state index contributed by atoms with van der Waals surface area (Å²) >= 11 is 12.0. The summed E-state index contributed by atoms with van der Waals surface area (Å²) in [5.74, 6) is -1.31. The SMILES string of the molecule is COc1c(Cl)cc(C(=O)N2CCOC[C@H]2C(=O)O)cc1Cl. The Kier molecular flexibility index (Phi) is 4.92. The maximum absolute atomic E-state index is 12.5. The molecule has 8 heteroatoms. The van der Waals surface area contributed by atoms with Crippen LogP contribution in [0, 0.1) is 0 Å². The second kappa shape index (κ2) is 6.51. The van der Waals surface area contributed by atoms with Crippen LogP contribution in [0.3, 0.4) is 0 Å². The van der Waals surface area contributed by atoms with E-state index in [0.717, 1.165) is 0 Å². The maximum atomic E-state index is 12.5. The van der Waals surface area contributed by atoms with E-state index in [1.165, 1.54) is 24.1 Å². The molecular formula is C13H13Cl2NO5. The first-order valence-corrected chi connectivity index (χ1v) is 6.86. The molecule has 114 valence electrons. The van der Waals surface area contributed by atoms with E-state index in [1.54, 1.807) is 0 Å². The summed E-state index contributed by atoms with van der Waals surface area (Å²) < 4.78 is 10.1. The fourth-order valence-corrected chi connectivity index (χ4v) is 2.74. The molecule has 21 heavy (non-hydrogen) atoms. The number of benzene rings is 1. The fourth-order valence-electron chi connectivity index (χ4n) is 2.10. The van der Waals surface area contributed by atoms with Gasteiger partial charge in [0.1, 0.15) is 0 Å². The van der Waals surface area contributed by atoms with Crippen molar-refractivity contribution >= 4 is 35.1 Å². The van der Waals surface area contributed by atoms with Gasteiger partial charge < -0.3 is 19.5 Å². The molecule has 1 amide bonds. The Hall–Kier alpha value is -1.50. The summed E-state index contributed by atoms with van der Waals surface area (Å²) in [5.41, 5.74) is 0.207. The number of carbonyl (C=O) groups excluding carboxylic acids is 1. The first-order valence-electron chi connectivity index (χ1n) is 6.10. The van der Waals surface area contributed by atoms with Gasteiger partial charge in [-0.05, 0) is 12.1 Å². The summed E-state index contributed by atoms with van der Waals surface area (Å²) in [6, 6.07) is 1.79. The van der Waals surface area contributed by atoms with Gasteiger partial charge in [0.2, 0.25) is 0 Å². The van der Waals surface area contributed by atoms with E-state index < -0.39 is 17.9 Å². The molecule has 1 aliphatic heterocycles. The number of rotatable bonds is 3. The lowest BCUT2D eigenvalue weighted by Crippen LogP contribution is -2.52. The van der Waals surface area contributed by atoms with E-state index in [0.29, 0.717) is 0 Å². The molecule has 1 atom stereocenters. The average Bonchev–Trinajstić information content (AvgIpc) is 2.46. The Morgan fingerprint density at radius 3 is 2.52 bits per heavy atom. The van der Waals surface area contributed by atoms with Crippen LogP contribution in [0.15, 0.2) is 12.1 Å². The zero-order chi connectivity index (χ0) is 15.6. The predicted molar refractivity (Wildman–Crippen MR) is 76.3 cm³/mol. The largest absolute Gasteiger partial charge is 0.494 e. The molecule has 0 saturated carbocycles. The number of carbonyl (C=O) groups is 2. The third-order valence-electron chi connectivity index (χ3n) is 3.12. The minimum absolute atomic E-state index is 0.0430. The number of aliphatic carboxylic acids is 1. The summed E-state index contributed by atoms with van der Waals surface area (Å²) in [6.45, 7) is 0.433. The second-order valence-electron chi connectivity index (χ2n) is 4.40. The topological polar surface area (TPSA) is 76.1 Å². The van der Waals surface area contributed by atoms with E-state index in [9.17, 15) is 9.59 Å². The molecule has 1 aliphatic rings. The third-order valence-corrected chi connectivity index (χ3v) is 3.69. The zero-order valence-electron chi connectivity index (χ0n) is 11.1. The molecule has 0 aromatic heterocycles. The molecule has 0 aliphatic carbocycles. The average molecular weight is 334 g/mol. The van der Waals surface area contributed by atoms with E-state index >= 15 is 0 Å². The second-order valence-corrected chi connectivity index (χ2v) is 5.22. The molecule has 1 saturated heterocycles. The molecule has 0 bridgehead atoms. The van der Waals surface area contributed by atoms with Gasteiger partial charge >= 0.3 is 5.97 Å². The Labute approximate surface area is 131 Å². The monoisotopic (exact) mass is 333 g/mol. The van der Waals surface area contributed by atoms with Crippen molar-refractivity contribution in [2.45, 2.75) is 6.04 Å². The minimum atomic E-state index is -1.12. The zero-order valence-corrected chi connectivity index (χ0v) is 12.6. The Bertz CT molecular complexity index is 555. The third kappa shape index (κ3) is 3.23. The van der Waals surface area contributed by atoms with Crippen LogP contribution in [0.25, 0.3) is 0 Å². The quantitative estimate of drug-likeness (QED) is 0.914. The Morgan fingerprint density at radius 2 is 2.00 bits per heavy atom. The molecule has 0 spiro atoms. The van der Waals surface area contributed by atoms with Crippen LogP contribution >= 0.6 is 23.2 Å². The van der Waals surface area contributed by atoms with Gasteiger partial charge in [0.05, 0.1) is 30.4 Å². The van der Waals surface area contributed by atoms with Gasteiger partial charge in [-0.3, -0.25) is 4.79 Å². The van der Waals surface area contributed by atoms with Crippen LogP contribution in [-0.2, 0) is 9.53 Å². The summed E-state index contributed by atoms with van der Waals surface area (Å²) in [7, 11) is 1.41. The predicted octanol–water partition coefficient (Wildman–Crippen LogP) is 1.93. The number of hydrogen-bond donors (Lipinski definition) is 1. The molecule has 0 unspecified atom stereocenters. The molecule has 1 fully saturated rings. The van der Waals surface area contributed by atoms with Crippen molar-refractivity contribution in [1.29, 1.82) is 0 Å². The van der Waals surface area contributed by atoms with Crippen molar-refractivity contribution in [2.75, 3.05) is 26.9 Å². The molecule has 2 rings (SSSR count). The van der Waals surface area contributed by atoms with E-state index in [1.807, 2.05) is 0 Å². The number of carboxylic acids is 1. The van der Waals surface area contributed by atoms with Crippen LogP contribution in [0.1, 0.15) is 10.4 Å². The van der Waals surface area contributed by atoms with Crippen LogP contribution < -0.4 is 4.74 Å². The van der Waals surface area contributed by atoms with Gasteiger partial charge in [-0.15, -0.1) is 0 Å². The van der Waals surface area contributed by atoms with Gasteiger partial charge in [-0.2, -0.15) is 0 Å². The van der Waals surface area contributed by atoms with E-state index in [2.05, 4.69) is 0 Å². The van der Waals surface area contributed by atoms with Crippen molar-refractivity contribution in [1.82, 2.24) is 4.90 Å². The van der Waals surface area contributed by atoms with Crippen molar-refractivity contribution in [3.63, 3.8) is 0 Å². The van der Waals surface area contributed by atoms with Crippen molar-refractivity contribution in [2.24, 2.45) is 0 Å². The lowest BCUT2D eigenvalue weighted by Gasteiger charge is -2.33. The molecule has 1 N–H and O–H groups in total. The lowest BCUT2D eigenvalue weighted by molar-refractivity contribution is -0.147. The first kappa shape index (κ1) is 15.9. The molecule has 1 aromatic rings. The van der Waals surface area contributed by atoms with Gasteiger partial charge in [-0.1, -0.05) is 23.2 Å². The summed E-state index contributed by atoms with van der Waals surface area (Å²) in [6.07, 6.45) is 0. The highest BCUT2D eigenvalue weighted by atomic mass is 35.5. The molecule has 1 heterocycles. The number of amides is 1. The number of carboxylic acid groups (broad SMARTS) is 1. The van der Waals surface area contributed by atoms with Gasteiger partial charge in [0.15, 0.2) is 11.8 Å². The highest BCUT2D eigenvalue weighted by Crippen LogP contribution is 2.34. The van der Waals surface area contributed by atoms with E-state index in [-0.39, 0.29) is 41.1 Å². The Morgan fingerprint density at radius 1 is 1.38 bits per heavy atom. The van der Waals surface area contributed by atoms with Gasteiger partial charge in [0.25, 0.3) is 5.91 Å². The molecule has 6 nitrogen and oxygen atoms in total. The first-order chi connectivity index (χ1) is 9.95. The molecule has 0 radical (unpaired) electrons. The highest BCUT2D eigenvalue weighted by Gasteiger charge is 2.33. The normalized spacial score (nSPS) is 18.4. The summed E-state index contributed by atoms with van der Waals surface area (Å²) in [4.78, 5) is 24.9. The summed E-state index contributed by atoms with van der Waals surface area (Å²) in [5, 5.41) is 9.53. The number of morpholine rings is 1. The number of hydrogen-bond acceptors (Lipinski definition) is 4. The van der Waals surface area contributed by atoms with Crippen LogP contribution in [0.4, 0.5) is 0 Å². The van der Waals surface area contributed by atoms with E-state index in [4.69, 9.17) is 37.8 Å². The van der Waals surface area contributed by atoms with Crippen molar-refractivity contribution < 1.29 is 24.2 Å². The van der Waals surface area contributed by atoms with Crippen molar-refractivity contribution in [3.05, 3.63) is 27.7 Å². The fraction of sp³-hybridized carbons (Fsp3) is 0.385. The molecular weight excluding hydrogens is 321 g/mol. The van der Waals surface area contributed by atoms with Gasteiger partial charge in [0, 0.05) is 12.1 Å². The van der Waals surface area contributed by atoms with Gasteiger partial charge in [-0.25, -0.2) is 4.79 Å². The number of methoxy groups -OCH3 is 1. The number of ether oxygens (including phenoxy) is 2. The maximum Gasteiger partial charge on any atom is 0.328 e. The Balaban J connectivity index is 2.32. The van der Waals surface area contributed by atoms with Crippen LogP contribution in [0.2, 0.25) is 10.0 Å². The van der Waals surface area contributed by atoms with Crippen molar-refractivity contribution in [3.8, 4) is 5.75 Å². The van der Waals surface area contributed by atoms with Crippen LogP contribution in [0.5, 0.6) is 5.75 Å². The standard InChI is InChI=1S/C13H13Cl2NO5/c1-20-11-8(14)4-7(5-9(11)15)12(17)16-2-3-21-6-10(16)13(18)19/h4-5,10H,2-3,6H2,1H3,(H,18,19)/t10-/m0/s1. The highest BCUT2D eigenvalue weighted by molar-refractivity contribution is 6.37.